The third kappa shape index (κ3) is 14.3. The first kappa shape index (κ1) is 32.9. The zero-order valence-electron chi connectivity index (χ0n) is 20.2. The molecule has 0 aromatic heterocycles. The van der Waals surface area contributed by atoms with E-state index in [9.17, 15) is 29.1 Å². The van der Waals surface area contributed by atoms with Crippen molar-refractivity contribution < 1.29 is 29.1 Å². The smallest absolute Gasteiger partial charge is 0.326 e. The van der Waals surface area contributed by atoms with Crippen LogP contribution in [0.4, 0.5) is 0 Å². The summed E-state index contributed by atoms with van der Waals surface area (Å²) in [6.45, 7) is 0.563. The first-order valence-corrected chi connectivity index (χ1v) is 12.1. The Bertz CT molecular complexity index is 779. The van der Waals surface area contributed by atoms with Crippen LogP contribution in [0.3, 0.4) is 0 Å². The number of nitrogens with two attached hydrogens (primary N) is 5. The second-order valence-corrected chi connectivity index (χ2v) is 8.41. The van der Waals surface area contributed by atoms with Gasteiger partial charge in [0.05, 0.1) is 6.04 Å². The molecule has 15 nitrogen and oxygen atoms in total. The Kier molecular flexibility index (Phi) is 16.6. The highest BCUT2D eigenvalue weighted by molar-refractivity contribution is 7.80. The summed E-state index contributed by atoms with van der Waals surface area (Å²) in [5, 5.41) is 16.7. The van der Waals surface area contributed by atoms with Crippen LogP contribution in [0.1, 0.15) is 44.9 Å². The number of guanidine groups is 1. The van der Waals surface area contributed by atoms with Crippen LogP contribution < -0.4 is 44.6 Å². The molecule has 16 heteroatoms. The van der Waals surface area contributed by atoms with Crippen LogP contribution in [0.2, 0.25) is 0 Å². The minimum Gasteiger partial charge on any atom is -0.480 e. The van der Waals surface area contributed by atoms with E-state index in [4.69, 9.17) is 28.7 Å². The number of hydrogen-bond acceptors (Lipinski definition) is 9. The lowest BCUT2D eigenvalue weighted by molar-refractivity contribution is -0.142. The minimum absolute atomic E-state index is 0.0219. The average molecular weight is 534 g/mol. The number of amides is 4. The van der Waals surface area contributed by atoms with Gasteiger partial charge in [0.25, 0.3) is 0 Å². The zero-order chi connectivity index (χ0) is 27.7. The van der Waals surface area contributed by atoms with E-state index in [-0.39, 0.29) is 43.9 Å². The number of unbranched alkanes of at least 4 members (excludes halogenated alkanes) is 1. The first-order valence-electron chi connectivity index (χ1n) is 11.5. The average Bonchev–Trinajstić information content (AvgIpc) is 2.81. The number of aliphatic carboxylic acids is 1. The molecule has 36 heavy (non-hydrogen) atoms. The van der Waals surface area contributed by atoms with E-state index in [2.05, 4.69) is 33.6 Å². The topological polar surface area (TPSA) is 284 Å². The Morgan fingerprint density at radius 3 is 1.89 bits per heavy atom. The van der Waals surface area contributed by atoms with Crippen LogP contribution in [0.15, 0.2) is 4.99 Å². The molecule has 0 spiro atoms. The van der Waals surface area contributed by atoms with E-state index in [1.165, 1.54) is 0 Å². The number of primary amides is 1. The Hall–Kier alpha value is -3.11. The van der Waals surface area contributed by atoms with E-state index in [0.717, 1.165) is 0 Å². The molecule has 0 aliphatic heterocycles. The van der Waals surface area contributed by atoms with Crippen molar-refractivity contribution in [2.24, 2.45) is 33.7 Å². The predicted octanol–water partition coefficient (Wildman–Crippen LogP) is -3.77. The van der Waals surface area contributed by atoms with Crippen molar-refractivity contribution in [1.29, 1.82) is 0 Å². The van der Waals surface area contributed by atoms with Gasteiger partial charge in [0, 0.05) is 18.7 Å². The third-order valence-corrected chi connectivity index (χ3v) is 5.36. The summed E-state index contributed by atoms with van der Waals surface area (Å²) in [6.07, 6.45) is 1.50. The Morgan fingerprint density at radius 2 is 1.36 bits per heavy atom. The van der Waals surface area contributed by atoms with Gasteiger partial charge >= 0.3 is 5.97 Å². The largest absolute Gasteiger partial charge is 0.480 e. The molecule has 0 aromatic carbocycles. The highest BCUT2D eigenvalue weighted by atomic mass is 32.1. The maximum atomic E-state index is 12.9. The molecular formula is C20H39N9O6S. The van der Waals surface area contributed by atoms with E-state index in [0.29, 0.717) is 25.8 Å². The summed E-state index contributed by atoms with van der Waals surface area (Å²) in [6, 6.07) is -4.57. The number of nitrogens with zero attached hydrogens (tertiary/aromatic N) is 1. The molecule has 0 aromatic rings. The maximum Gasteiger partial charge on any atom is 0.326 e. The molecule has 0 heterocycles. The number of nitrogens with one attached hydrogen (secondary N) is 3. The quantitative estimate of drug-likeness (QED) is 0.0334. The van der Waals surface area contributed by atoms with Gasteiger partial charge in [-0.3, -0.25) is 24.2 Å². The van der Waals surface area contributed by atoms with Gasteiger partial charge in [-0.2, -0.15) is 12.6 Å². The molecule has 0 saturated carbocycles. The Balaban J connectivity index is 5.32. The number of carbonyl (C=O) groups excluding carboxylic acids is 4. The van der Waals surface area contributed by atoms with Crippen molar-refractivity contribution in [2.75, 3.05) is 18.8 Å². The first-order chi connectivity index (χ1) is 16.9. The fourth-order valence-electron chi connectivity index (χ4n) is 2.97. The van der Waals surface area contributed by atoms with Crippen LogP contribution in [-0.2, 0) is 24.0 Å². The third-order valence-electron chi connectivity index (χ3n) is 4.99. The molecule has 0 fully saturated rings. The van der Waals surface area contributed by atoms with Gasteiger partial charge < -0.3 is 49.7 Å². The van der Waals surface area contributed by atoms with Crippen molar-refractivity contribution >= 4 is 48.2 Å². The number of carboxylic acids is 1. The van der Waals surface area contributed by atoms with Gasteiger partial charge in [-0.05, 0) is 45.1 Å². The summed E-state index contributed by atoms with van der Waals surface area (Å²) < 4.78 is 0. The second-order valence-electron chi connectivity index (χ2n) is 8.05. The molecule has 0 rings (SSSR count). The van der Waals surface area contributed by atoms with Crippen molar-refractivity contribution in [3.63, 3.8) is 0 Å². The monoisotopic (exact) mass is 533 g/mol. The molecule has 0 bridgehead atoms. The lowest BCUT2D eigenvalue weighted by Crippen LogP contribution is -2.57. The van der Waals surface area contributed by atoms with Crippen LogP contribution in [-0.4, -0.2) is 83.7 Å². The summed E-state index contributed by atoms with van der Waals surface area (Å²) in [7, 11) is 0. The zero-order valence-corrected chi connectivity index (χ0v) is 21.0. The molecule has 0 radical (unpaired) electrons. The fourth-order valence-corrected chi connectivity index (χ4v) is 3.23. The molecule has 14 N–H and O–H groups in total. The summed E-state index contributed by atoms with van der Waals surface area (Å²) in [4.78, 5) is 64.2. The number of carbonyl (C=O) groups is 5. The molecule has 4 atom stereocenters. The molecule has 206 valence electrons. The van der Waals surface area contributed by atoms with Crippen LogP contribution in [0, 0.1) is 0 Å². The minimum atomic E-state index is -1.22. The van der Waals surface area contributed by atoms with Crippen molar-refractivity contribution in [1.82, 2.24) is 16.0 Å². The predicted molar refractivity (Wildman–Crippen MR) is 137 cm³/mol. The SMILES string of the molecule is NCCCCC(NC(=O)C(CS)NC(=O)C(CCCN=C(N)N)NC(=O)C(N)CCC(N)=O)C(=O)O. The van der Waals surface area contributed by atoms with Crippen LogP contribution in [0.25, 0.3) is 0 Å². The molecule has 0 aliphatic rings. The summed E-state index contributed by atoms with van der Waals surface area (Å²) in [5.74, 6) is -4.30. The highest BCUT2D eigenvalue weighted by Crippen LogP contribution is 2.05. The van der Waals surface area contributed by atoms with Gasteiger partial charge in [0.15, 0.2) is 5.96 Å². The lowest BCUT2D eigenvalue weighted by Gasteiger charge is -2.24. The van der Waals surface area contributed by atoms with E-state index < -0.39 is 53.8 Å². The Labute approximate surface area is 215 Å². The number of rotatable bonds is 19. The van der Waals surface area contributed by atoms with E-state index in [1.807, 2.05) is 0 Å². The number of hydrogen-bond donors (Lipinski definition) is 10. The highest BCUT2D eigenvalue weighted by Gasteiger charge is 2.29. The Morgan fingerprint density at radius 1 is 0.806 bits per heavy atom. The maximum absolute atomic E-state index is 12.9. The second kappa shape index (κ2) is 18.2. The van der Waals surface area contributed by atoms with Gasteiger partial charge in [-0.25, -0.2) is 4.79 Å². The van der Waals surface area contributed by atoms with Crippen molar-refractivity contribution in [2.45, 2.75) is 69.1 Å². The normalized spacial score (nSPS) is 14.0. The van der Waals surface area contributed by atoms with Gasteiger partial charge in [0.2, 0.25) is 23.6 Å². The number of aliphatic imine (C=N–C) groups is 1. The van der Waals surface area contributed by atoms with Gasteiger partial charge in [-0.15, -0.1) is 0 Å². The van der Waals surface area contributed by atoms with Crippen LogP contribution in [0.5, 0.6) is 0 Å². The van der Waals surface area contributed by atoms with Crippen LogP contribution >= 0.6 is 12.6 Å². The van der Waals surface area contributed by atoms with Gasteiger partial charge in [-0.1, -0.05) is 0 Å². The molecule has 0 saturated heterocycles. The van der Waals surface area contributed by atoms with Crippen molar-refractivity contribution in [3.8, 4) is 0 Å². The van der Waals surface area contributed by atoms with E-state index in [1.54, 1.807) is 0 Å². The fraction of sp³-hybridized carbons (Fsp3) is 0.700. The summed E-state index contributed by atoms with van der Waals surface area (Å²) >= 11 is 4.08. The number of thiol groups is 1. The molecule has 0 aliphatic carbocycles. The van der Waals surface area contributed by atoms with Gasteiger partial charge in [0.1, 0.15) is 18.1 Å². The van der Waals surface area contributed by atoms with E-state index >= 15 is 0 Å². The molecule has 4 amide bonds. The number of carboxylic acid groups (broad SMARTS) is 1. The standard InChI is InChI=1S/C20H39N9O6S/c21-8-2-1-4-13(19(34)35)28-18(33)14(10-36)29-17(32)12(5-3-9-26-20(24)25)27-16(31)11(22)6-7-15(23)30/h11-14,36H,1-10,21-22H2,(H2,23,30)(H,27,31)(H,28,33)(H,29,32)(H,34,35)(H4,24,25,26). The molecule has 4 unspecified atom stereocenters. The summed E-state index contributed by atoms with van der Waals surface area (Å²) in [5.41, 5.74) is 26.8. The van der Waals surface area contributed by atoms with Crippen molar-refractivity contribution in [3.05, 3.63) is 0 Å². The lowest BCUT2D eigenvalue weighted by atomic mass is 10.1. The molecular weight excluding hydrogens is 494 g/mol.